The van der Waals surface area contributed by atoms with Crippen LogP contribution in [0.4, 0.5) is 5.13 Å². The van der Waals surface area contributed by atoms with Gasteiger partial charge in [-0.25, -0.2) is 18.2 Å². The Balaban J connectivity index is 1.64. The van der Waals surface area contributed by atoms with Gasteiger partial charge in [-0.1, -0.05) is 18.2 Å². The van der Waals surface area contributed by atoms with E-state index in [4.69, 9.17) is 10.5 Å². The van der Waals surface area contributed by atoms with Gasteiger partial charge in [0.2, 0.25) is 15.7 Å². The standard InChI is InChI=1S/C21H22N4O6S2/c1-21(19(27)28,25-33(29,30)17-5-3-2-4-6-17)24-18(26)14-7-9-16(10-8-14)31-12-11-15-13-32-20(22)23-15/h2-10,13,25H,11-12H2,1H3,(H2,22,23)(H,24,26)(H,27,28). The lowest BCUT2D eigenvalue weighted by Gasteiger charge is -2.27. The van der Waals surface area contributed by atoms with Crippen molar-refractivity contribution in [2.45, 2.75) is 23.9 Å². The maximum atomic E-state index is 12.6. The van der Waals surface area contributed by atoms with E-state index in [9.17, 15) is 23.1 Å². The van der Waals surface area contributed by atoms with Crippen molar-refractivity contribution in [1.82, 2.24) is 15.0 Å². The van der Waals surface area contributed by atoms with Crippen LogP contribution in [0.15, 0.2) is 64.9 Å². The number of benzene rings is 2. The van der Waals surface area contributed by atoms with E-state index in [1.54, 1.807) is 18.2 Å². The van der Waals surface area contributed by atoms with Crippen molar-refractivity contribution in [1.29, 1.82) is 0 Å². The summed E-state index contributed by atoms with van der Waals surface area (Å²) in [5.41, 5.74) is 4.25. The number of aromatic nitrogens is 1. The Morgan fingerprint density at radius 3 is 2.39 bits per heavy atom. The fraction of sp³-hybridized carbons (Fsp3) is 0.190. The highest BCUT2D eigenvalue weighted by Crippen LogP contribution is 2.16. The third kappa shape index (κ3) is 6.28. The summed E-state index contributed by atoms with van der Waals surface area (Å²) in [4.78, 5) is 28.5. The predicted octanol–water partition coefficient (Wildman–Crippen LogP) is 1.86. The lowest BCUT2D eigenvalue weighted by molar-refractivity contribution is -0.144. The van der Waals surface area contributed by atoms with Gasteiger partial charge in [0.15, 0.2) is 5.13 Å². The van der Waals surface area contributed by atoms with E-state index >= 15 is 0 Å². The van der Waals surface area contributed by atoms with Crippen LogP contribution in [-0.4, -0.2) is 42.7 Å². The summed E-state index contributed by atoms with van der Waals surface area (Å²) >= 11 is 1.35. The Hall–Kier alpha value is -3.48. The fourth-order valence-corrected chi connectivity index (χ4v) is 4.67. The first kappa shape index (κ1) is 24.2. The van der Waals surface area contributed by atoms with E-state index in [0.717, 1.165) is 12.6 Å². The number of nitrogen functional groups attached to an aromatic ring is 1. The summed E-state index contributed by atoms with van der Waals surface area (Å²) in [6.07, 6.45) is 0.564. The molecule has 0 bridgehead atoms. The number of sulfonamides is 1. The van der Waals surface area contributed by atoms with Crippen LogP contribution in [-0.2, 0) is 21.2 Å². The average molecular weight is 491 g/mol. The number of amides is 1. The van der Waals surface area contributed by atoms with Gasteiger partial charge in [-0.3, -0.25) is 4.79 Å². The smallest absolute Gasteiger partial charge is 0.345 e. The minimum absolute atomic E-state index is 0.126. The van der Waals surface area contributed by atoms with Crippen LogP contribution in [0.25, 0.3) is 0 Å². The highest BCUT2D eigenvalue weighted by atomic mass is 32.2. The first-order valence-corrected chi connectivity index (χ1v) is 12.0. The zero-order valence-corrected chi connectivity index (χ0v) is 19.2. The number of hydrogen-bond acceptors (Lipinski definition) is 8. The molecule has 2 aromatic carbocycles. The number of carbonyl (C=O) groups excluding carboxylic acids is 1. The molecule has 1 heterocycles. The summed E-state index contributed by atoms with van der Waals surface area (Å²) < 4.78 is 32.8. The van der Waals surface area contributed by atoms with E-state index in [1.165, 1.54) is 47.7 Å². The third-order valence-corrected chi connectivity index (χ3v) is 6.79. The molecule has 1 aromatic heterocycles. The molecule has 0 aliphatic heterocycles. The largest absolute Gasteiger partial charge is 0.493 e. The number of carboxylic acids is 1. The van der Waals surface area contributed by atoms with Gasteiger partial charge in [-0.15, -0.1) is 11.3 Å². The van der Waals surface area contributed by atoms with Crippen molar-refractivity contribution in [3.8, 4) is 5.75 Å². The number of hydrogen-bond donors (Lipinski definition) is 4. The molecule has 1 unspecified atom stereocenters. The molecule has 10 nitrogen and oxygen atoms in total. The number of thiazole rings is 1. The quantitative estimate of drug-likeness (QED) is 0.313. The topological polar surface area (TPSA) is 161 Å². The van der Waals surface area contributed by atoms with Gasteiger partial charge in [0.05, 0.1) is 17.2 Å². The first-order chi connectivity index (χ1) is 15.6. The van der Waals surface area contributed by atoms with Gasteiger partial charge in [-0.2, -0.15) is 4.72 Å². The molecular formula is C21H22N4O6S2. The second-order valence-corrected chi connectivity index (χ2v) is 9.67. The Morgan fingerprint density at radius 2 is 1.82 bits per heavy atom. The van der Waals surface area contributed by atoms with Gasteiger partial charge in [0, 0.05) is 17.4 Å². The maximum Gasteiger partial charge on any atom is 0.345 e. The molecule has 0 spiro atoms. The van der Waals surface area contributed by atoms with E-state index in [0.29, 0.717) is 23.9 Å². The molecule has 3 rings (SSSR count). The number of nitrogens with zero attached hydrogens (tertiary/aromatic N) is 1. The summed E-state index contributed by atoms with van der Waals surface area (Å²) in [6.45, 7) is 1.41. The van der Waals surface area contributed by atoms with E-state index in [2.05, 4.69) is 10.3 Å². The molecule has 33 heavy (non-hydrogen) atoms. The van der Waals surface area contributed by atoms with Crippen molar-refractivity contribution in [2.24, 2.45) is 0 Å². The number of aliphatic carboxylic acids is 1. The molecule has 1 amide bonds. The molecule has 0 aliphatic rings. The second-order valence-electron chi connectivity index (χ2n) is 7.10. The first-order valence-electron chi connectivity index (χ1n) is 9.67. The maximum absolute atomic E-state index is 12.6. The van der Waals surface area contributed by atoms with Gasteiger partial charge in [0.25, 0.3) is 5.91 Å². The Morgan fingerprint density at radius 1 is 1.15 bits per heavy atom. The van der Waals surface area contributed by atoms with Crippen molar-refractivity contribution in [3.63, 3.8) is 0 Å². The second kappa shape index (κ2) is 9.98. The van der Waals surface area contributed by atoms with Gasteiger partial charge in [-0.05, 0) is 43.3 Å². The van der Waals surface area contributed by atoms with Crippen LogP contribution >= 0.6 is 11.3 Å². The van der Waals surface area contributed by atoms with Crippen LogP contribution in [0.3, 0.4) is 0 Å². The number of carbonyl (C=O) groups is 2. The third-order valence-electron chi connectivity index (χ3n) is 4.50. The average Bonchev–Trinajstić information content (AvgIpc) is 3.19. The molecule has 3 aromatic rings. The fourth-order valence-electron chi connectivity index (χ4n) is 2.76. The van der Waals surface area contributed by atoms with Gasteiger partial charge < -0.3 is 20.9 Å². The molecule has 0 aliphatic carbocycles. The van der Waals surface area contributed by atoms with Crippen molar-refractivity contribution < 1.29 is 27.9 Å². The number of anilines is 1. The normalized spacial score (nSPS) is 13.1. The highest BCUT2D eigenvalue weighted by molar-refractivity contribution is 7.89. The lowest BCUT2D eigenvalue weighted by atomic mass is 10.1. The zero-order chi connectivity index (χ0) is 24.1. The van der Waals surface area contributed by atoms with Crippen molar-refractivity contribution >= 4 is 38.4 Å². The molecule has 5 N–H and O–H groups in total. The van der Waals surface area contributed by atoms with Gasteiger partial charge in [0.1, 0.15) is 5.75 Å². The Kier molecular flexibility index (Phi) is 7.31. The molecule has 1 atom stereocenters. The summed E-state index contributed by atoms with van der Waals surface area (Å²) in [5.74, 6) is -1.85. The van der Waals surface area contributed by atoms with Crippen LogP contribution in [0.1, 0.15) is 23.0 Å². The van der Waals surface area contributed by atoms with Crippen LogP contribution in [0.5, 0.6) is 5.75 Å². The van der Waals surface area contributed by atoms with Crippen molar-refractivity contribution in [2.75, 3.05) is 12.3 Å². The predicted molar refractivity (Wildman–Crippen MR) is 122 cm³/mol. The summed E-state index contributed by atoms with van der Waals surface area (Å²) in [7, 11) is -4.21. The molecule has 12 heteroatoms. The minimum atomic E-state index is -4.21. The number of nitrogens with two attached hydrogens (primary N) is 1. The van der Waals surface area contributed by atoms with Crippen LogP contribution < -0.4 is 20.5 Å². The highest BCUT2D eigenvalue weighted by Gasteiger charge is 2.39. The molecule has 0 radical (unpaired) electrons. The van der Waals surface area contributed by atoms with E-state index in [1.807, 2.05) is 10.1 Å². The Labute approximate surface area is 194 Å². The molecule has 0 fully saturated rings. The number of ether oxygens (including phenoxy) is 1. The number of rotatable bonds is 10. The van der Waals surface area contributed by atoms with Gasteiger partial charge >= 0.3 is 5.97 Å². The number of nitrogens with one attached hydrogen (secondary N) is 2. The SMILES string of the molecule is CC(NC(=O)c1ccc(OCCc2csc(N)n2)cc1)(NS(=O)(=O)c1ccccc1)C(=O)O. The van der Waals surface area contributed by atoms with Crippen molar-refractivity contribution in [3.05, 3.63) is 71.2 Å². The number of carboxylic acid groups (broad SMARTS) is 1. The van der Waals surface area contributed by atoms with E-state index < -0.39 is 27.6 Å². The summed E-state index contributed by atoms with van der Waals surface area (Å²) in [5, 5.41) is 14.2. The molecule has 0 saturated carbocycles. The minimum Gasteiger partial charge on any atom is -0.493 e. The molecule has 174 valence electrons. The monoisotopic (exact) mass is 490 g/mol. The molecule has 0 saturated heterocycles. The Bertz CT molecular complexity index is 1230. The zero-order valence-electron chi connectivity index (χ0n) is 17.5. The lowest BCUT2D eigenvalue weighted by Crippen LogP contribution is -2.63. The van der Waals surface area contributed by atoms with E-state index in [-0.39, 0.29) is 10.5 Å². The van der Waals surface area contributed by atoms with Crippen LogP contribution in [0, 0.1) is 0 Å². The molecular weight excluding hydrogens is 468 g/mol. The summed E-state index contributed by atoms with van der Waals surface area (Å²) in [6, 6.07) is 13.2. The van der Waals surface area contributed by atoms with Crippen LogP contribution in [0.2, 0.25) is 0 Å².